The molecule has 0 aromatic heterocycles. The number of hydrogen-bond donors (Lipinski definition) is 1. The van der Waals surface area contributed by atoms with Crippen molar-refractivity contribution in [2.24, 2.45) is 0 Å². The minimum Gasteiger partial charge on any atom is -0.508 e. The van der Waals surface area contributed by atoms with E-state index in [2.05, 4.69) is 55.3 Å². The Morgan fingerprint density at radius 2 is 1.73 bits per heavy atom. The molecule has 1 heterocycles. The lowest BCUT2D eigenvalue weighted by molar-refractivity contribution is 0.0293. The molecule has 1 saturated heterocycles. The molecular weight excluding hydrogens is 410 g/mol. The first-order chi connectivity index (χ1) is 15.7. The largest absolute Gasteiger partial charge is 0.508 e. The lowest BCUT2D eigenvalue weighted by Crippen LogP contribution is -2.57. The SMILES string of the molecule is C=C(C)CN1CC(C)N(C(c2ccc(C(=O)N(CC)CC)cc2)c2cccc(O)c2)CC1C. The Balaban J connectivity index is 1.95. The number of amides is 1. The highest BCUT2D eigenvalue weighted by Crippen LogP contribution is 2.34. The van der Waals surface area contributed by atoms with Crippen LogP contribution in [0, 0.1) is 0 Å². The molecule has 1 aliphatic rings. The van der Waals surface area contributed by atoms with Gasteiger partial charge in [-0.15, -0.1) is 0 Å². The lowest BCUT2D eigenvalue weighted by atomic mass is 9.92. The zero-order valence-electron chi connectivity index (χ0n) is 20.8. The molecule has 1 aliphatic heterocycles. The van der Waals surface area contributed by atoms with Gasteiger partial charge < -0.3 is 10.0 Å². The molecule has 3 unspecified atom stereocenters. The molecule has 3 rings (SSSR count). The summed E-state index contributed by atoms with van der Waals surface area (Å²) in [6.07, 6.45) is 0. The maximum absolute atomic E-state index is 12.8. The molecule has 2 aromatic carbocycles. The fourth-order valence-electron chi connectivity index (χ4n) is 4.92. The Labute approximate surface area is 199 Å². The minimum atomic E-state index is -0.000802. The highest BCUT2D eigenvalue weighted by molar-refractivity contribution is 5.94. The van der Waals surface area contributed by atoms with Gasteiger partial charge in [0.25, 0.3) is 5.91 Å². The van der Waals surface area contributed by atoms with E-state index >= 15 is 0 Å². The second kappa shape index (κ2) is 11.0. The molecule has 33 heavy (non-hydrogen) atoms. The summed E-state index contributed by atoms with van der Waals surface area (Å²) in [5.41, 5.74) is 4.08. The van der Waals surface area contributed by atoms with Gasteiger partial charge in [-0.3, -0.25) is 14.6 Å². The highest BCUT2D eigenvalue weighted by Gasteiger charge is 2.34. The third-order valence-electron chi connectivity index (χ3n) is 6.68. The molecule has 0 aliphatic carbocycles. The molecule has 0 bridgehead atoms. The van der Waals surface area contributed by atoms with Gasteiger partial charge in [0.2, 0.25) is 0 Å². The molecule has 3 atom stereocenters. The van der Waals surface area contributed by atoms with Crippen LogP contribution in [-0.2, 0) is 0 Å². The summed E-state index contributed by atoms with van der Waals surface area (Å²) >= 11 is 0. The summed E-state index contributed by atoms with van der Waals surface area (Å²) in [7, 11) is 0. The van der Waals surface area contributed by atoms with Gasteiger partial charge in [0.1, 0.15) is 5.75 Å². The first kappa shape index (κ1) is 25.0. The Hall–Kier alpha value is -2.63. The van der Waals surface area contributed by atoms with Crippen LogP contribution in [-0.4, -0.2) is 70.5 Å². The van der Waals surface area contributed by atoms with Crippen molar-refractivity contribution < 1.29 is 9.90 Å². The monoisotopic (exact) mass is 449 g/mol. The Morgan fingerprint density at radius 3 is 2.30 bits per heavy atom. The third-order valence-corrected chi connectivity index (χ3v) is 6.68. The molecular formula is C28H39N3O2. The predicted octanol–water partition coefficient (Wildman–Crippen LogP) is 4.93. The first-order valence-electron chi connectivity index (χ1n) is 12.1. The number of carbonyl (C=O) groups excluding carboxylic acids is 1. The molecule has 178 valence electrons. The fourth-order valence-corrected chi connectivity index (χ4v) is 4.92. The summed E-state index contributed by atoms with van der Waals surface area (Å²) < 4.78 is 0. The van der Waals surface area contributed by atoms with Crippen molar-refractivity contribution in [1.29, 1.82) is 0 Å². The Morgan fingerprint density at radius 1 is 1.06 bits per heavy atom. The van der Waals surface area contributed by atoms with Crippen molar-refractivity contribution in [3.8, 4) is 5.75 Å². The Kier molecular flexibility index (Phi) is 8.33. The van der Waals surface area contributed by atoms with Gasteiger partial charge in [-0.05, 0) is 70.0 Å². The van der Waals surface area contributed by atoms with Gasteiger partial charge in [0, 0.05) is 50.4 Å². The molecule has 1 amide bonds. The minimum absolute atomic E-state index is 0.000802. The molecule has 0 radical (unpaired) electrons. The van der Waals surface area contributed by atoms with Crippen molar-refractivity contribution in [2.45, 2.75) is 52.7 Å². The molecule has 5 heteroatoms. The molecule has 1 fully saturated rings. The van der Waals surface area contributed by atoms with Gasteiger partial charge in [-0.2, -0.15) is 0 Å². The van der Waals surface area contributed by atoms with E-state index < -0.39 is 0 Å². The molecule has 1 N–H and O–H groups in total. The zero-order chi connectivity index (χ0) is 24.1. The van der Waals surface area contributed by atoms with Crippen molar-refractivity contribution in [3.05, 3.63) is 77.4 Å². The van der Waals surface area contributed by atoms with E-state index in [9.17, 15) is 9.90 Å². The normalized spacial score (nSPS) is 20.4. The highest BCUT2D eigenvalue weighted by atomic mass is 16.3. The predicted molar refractivity (Wildman–Crippen MR) is 136 cm³/mol. The van der Waals surface area contributed by atoms with Crippen molar-refractivity contribution in [1.82, 2.24) is 14.7 Å². The average Bonchev–Trinajstić information content (AvgIpc) is 2.78. The zero-order valence-corrected chi connectivity index (χ0v) is 20.8. The second-order valence-corrected chi connectivity index (χ2v) is 9.38. The van der Waals surface area contributed by atoms with E-state index in [1.165, 1.54) is 5.57 Å². The maximum atomic E-state index is 12.8. The number of benzene rings is 2. The summed E-state index contributed by atoms with van der Waals surface area (Å²) in [6.45, 7) is 18.9. The summed E-state index contributed by atoms with van der Waals surface area (Å²) in [4.78, 5) is 19.7. The van der Waals surface area contributed by atoms with Crippen LogP contribution in [0.4, 0.5) is 0 Å². The number of carbonyl (C=O) groups is 1. The molecule has 0 spiro atoms. The van der Waals surface area contributed by atoms with E-state index in [0.717, 1.165) is 30.8 Å². The van der Waals surface area contributed by atoms with Crippen molar-refractivity contribution in [2.75, 3.05) is 32.7 Å². The third kappa shape index (κ3) is 5.84. The van der Waals surface area contributed by atoms with E-state index in [0.29, 0.717) is 30.7 Å². The van der Waals surface area contributed by atoms with Crippen LogP contribution < -0.4 is 0 Å². The number of rotatable bonds is 8. The quantitative estimate of drug-likeness (QED) is 0.580. The van der Waals surface area contributed by atoms with Crippen molar-refractivity contribution in [3.63, 3.8) is 0 Å². The average molecular weight is 450 g/mol. The maximum Gasteiger partial charge on any atom is 0.253 e. The van der Waals surface area contributed by atoms with Crippen LogP contribution in [0.2, 0.25) is 0 Å². The topological polar surface area (TPSA) is 47.0 Å². The van der Waals surface area contributed by atoms with Crippen LogP contribution in [0.5, 0.6) is 5.75 Å². The number of aromatic hydroxyl groups is 1. The van der Waals surface area contributed by atoms with Crippen LogP contribution in [0.25, 0.3) is 0 Å². The fraction of sp³-hybridized carbons (Fsp3) is 0.464. The van der Waals surface area contributed by atoms with Gasteiger partial charge >= 0.3 is 0 Å². The number of phenolic OH excluding ortho intramolecular Hbond substituents is 1. The van der Waals surface area contributed by atoms with Crippen molar-refractivity contribution >= 4 is 5.91 Å². The number of nitrogens with zero attached hydrogens (tertiary/aromatic N) is 3. The van der Waals surface area contributed by atoms with Gasteiger partial charge in [0.15, 0.2) is 0 Å². The van der Waals surface area contributed by atoms with E-state index in [1.54, 1.807) is 6.07 Å². The van der Waals surface area contributed by atoms with E-state index in [-0.39, 0.29) is 17.7 Å². The lowest BCUT2D eigenvalue weighted by Gasteiger charge is -2.47. The van der Waals surface area contributed by atoms with Gasteiger partial charge in [-0.1, -0.05) is 36.4 Å². The number of hydrogen-bond acceptors (Lipinski definition) is 4. The van der Waals surface area contributed by atoms with Crippen LogP contribution in [0.1, 0.15) is 62.1 Å². The number of piperazine rings is 1. The standard InChI is InChI=1S/C28H39N3O2/c1-7-29(8-2)28(33)24-14-12-23(13-15-24)27(25-10-9-11-26(32)16-25)31-19-21(5)30(17-20(3)4)18-22(31)6/h9-16,21-22,27,32H,3,7-8,17-19H2,1-2,4-6H3. The van der Waals surface area contributed by atoms with E-state index in [4.69, 9.17) is 0 Å². The van der Waals surface area contributed by atoms with E-state index in [1.807, 2.05) is 43.0 Å². The second-order valence-electron chi connectivity index (χ2n) is 9.38. The molecule has 0 saturated carbocycles. The summed E-state index contributed by atoms with van der Waals surface area (Å²) in [5, 5.41) is 10.2. The Bertz CT molecular complexity index is 952. The first-order valence-corrected chi connectivity index (χ1v) is 12.1. The van der Waals surface area contributed by atoms with Gasteiger partial charge in [-0.25, -0.2) is 0 Å². The smallest absolute Gasteiger partial charge is 0.253 e. The summed E-state index contributed by atoms with van der Waals surface area (Å²) in [6, 6.07) is 16.3. The molecule has 5 nitrogen and oxygen atoms in total. The summed E-state index contributed by atoms with van der Waals surface area (Å²) in [5.74, 6) is 0.336. The van der Waals surface area contributed by atoms with Gasteiger partial charge in [0.05, 0.1) is 6.04 Å². The molecule has 2 aromatic rings. The van der Waals surface area contributed by atoms with Crippen LogP contribution >= 0.6 is 0 Å². The van der Waals surface area contributed by atoms with Crippen LogP contribution in [0.15, 0.2) is 60.7 Å². The van der Waals surface area contributed by atoms with Crippen LogP contribution in [0.3, 0.4) is 0 Å². The number of phenols is 1.